The molecule has 3 aromatic heterocycles. The lowest BCUT2D eigenvalue weighted by Crippen LogP contribution is -2.23. The Labute approximate surface area is 140 Å². The highest BCUT2D eigenvalue weighted by atomic mass is 79.9. The fourth-order valence-corrected chi connectivity index (χ4v) is 2.31. The van der Waals surface area contributed by atoms with Crippen molar-refractivity contribution in [1.29, 1.82) is 0 Å². The molecule has 3 rings (SSSR count). The summed E-state index contributed by atoms with van der Waals surface area (Å²) in [7, 11) is 0. The predicted molar refractivity (Wildman–Crippen MR) is 82.7 cm³/mol. The smallest absolute Gasteiger partial charge is 0.316 e. The number of hydrogen-bond acceptors (Lipinski definition) is 6. The fourth-order valence-electron chi connectivity index (χ4n) is 2.03. The first-order valence-corrected chi connectivity index (χ1v) is 7.66. The molecule has 0 radical (unpaired) electrons. The maximum atomic E-state index is 12.0. The molecular weight excluding hydrogens is 366 g/mol. The Kier molecular flexibility index (Phi) is 4.28. The SMILES string of the molecule is Cc1nn(Cc2noc(C(=O)NCc3ccco3)n2)c(C)c1Br. The van der Waals surface area contributed by atoms with E-state index in [1.807, 2.05) is 13.8 Å². The standard InChI is InChI=1S/C14H14BrN5O3/c1-8-12(15)9(2)20(18-8)7-11-17-14(23-19-11)13(21)16-6-10-4-3-5-22-10/h3-5H,6-7H2,1-2H3,(H,16,21). The largest absolute Gasteiger partial charge is 0.467 e. The van der Waals surface area contributed by atoms with E-state index in [9.17, 15) is 4.79 Å². The Morgan fingerprint density at radius 3 is 2.91 bits per heavy atom. The summed E-state index contributed by atoms with van der Waals surface area (Å²) in [6, 6.07) is 3.51. The second-order valence-corrected chi connectivity index (χ2v) is 5.71. The summed E-state index contributed by atoms with van der Waals surface area (Å²) in [6.45, 7) is 4.42. The lowest BCUT2D eigenvalue weighted by molar-refractivity contribution is 0.0904. The van der Waals surface area contributed by atoms with Crippen molar-refractivity contribution in [3.8, 4) is 0 Å². The molecule has 0 atom stereocenters. The van der Waals surface area contributed by atoms with Crippen LogP contribution in [0.5, 0.6) is 0 Å². The number of amides is 1. The number of furan rings is 1. The Balaban J connectivity index is 1.65. The Hall–Kier alpha value is -2.42. The Morgan fingerprint density at radius 1 is 1.43 bits per heavy atom. The highest BCUT2D eigenvalue weighted by Crippen LogP contribution is 2.20. The topological polar surface area (TPSA) is 99.0 Å². The molecule has 3 heterocycles. The van der Waals surface area contributed by atoms with E-state index in [0.717, 1.165) is 15.9 Å². The average molecular weight is 380 g/mol. The molecular formula is C14H14BrN5O3. The van der Waals surface area contributed by atoms with Crippen molar-refractivity contribution in [2.75, 3.05) is 0 Å². The van der Waals surface area contributed by atoms with E-state index in [2.05, 4.69) is 36.5 Å². The number of nitrogens with one attached hydrogen (secondary N) is 1. The van der Waals surface area contributed by atoms with Gasteiger partial charge in [0.25, 0.3) is 0 Å². The van der Waals surface area contributed by atoms with Gasteiger partial charge in [-0.25, -0.2) is 0 Å². The highest BCUT2D eigenvalue weighted by Gasteiger charge is 2.17. The van der Waals surface area contributed by atoms with E-state index < -0.39 is 5.91 Å². The number of carbonyl (C=O) groups is 1. The summed E-state index contributed by atoms with van der Waals surface area (Å²) >= 11 is 3.46. The summed E-state index contributed by atoms with van der Waals surface area (Å²) in [5, 5.41) is 10.8. The monoisotopic (exact) mass is 379 g/mol. The molecule has 1 amide bonds. The van der Waals surface area contributed by atoms with Crippen LogP contribution in [-0.4, -0.2) is 25.8 Å². The third-order valence-corrected chi connectivity index (χ3v) is 4.40. The van der Waals surface area contributed by atoms with Crippen LogP contribution < -0.4 is 5.32 Å². The van der Waals surface area contributed by atoms with Crippen molar-refractivity contribution in [2.45, 2.75) is 26.9 Å². The molecule has 0 aromatic carbocycles. The van der Waals surface area contributed by atoms with Gasteiger partial charge in [-0.3, -0.25) is 9.48 Å². The van der Waals surface area contributed by atoms with E-state index in [-0.39, 0.29) is 12.4 Å². The minimum atomic E-state index is -0.449. The molecule has 0 aliphatic carbocycles. The van der Waals surface area contributed by atoms with E-state index in [1.165, 1.54) is 0 Å². The zero-order chi connectivity index (χ0) is 16.4. The molecule has 1 N–H and O–H groups in total. The number of carbonyl (C=O) groups excluding carboxylic acids is 1. The molecule has 0 aliphatic rings. The quantitative estimate of drug-likeness (QED) is 0.729. The zero-order valence-electron chi connectivity index (χ0n) is 12.5. The van der Waals surface area contributed by atoms with Crippen LogP contribution in [0, 0.1) is 13.8 Å². The van der Waals surface area contributed by atoms with Crippen LogP contribution in [0.3, 0.4) is 0 Å². The molecule has 0 bridgehead atoms. The van der Waals surface area contributed by atoms with Gasteiger partial charge >= 0.3 is 11.8 Å². The molecule has 0 spiro atoms. The van der Waals surface area contributed by atoms with E-state index >= 15 is 0 Å². The number of hydrogen-bond donors (Lipinski definition) is 1. The van der Waals surface area contributed by atoms with Crippen molar-refractivity contribution in [3.05, 3.63) is 51.7 Å². The second kappa shape index (κ2) is 6.37. The van der Waals surface area contributed by atoms with Crippen molar-refractivity contribution in [3.63, 3.8) is 0 Å². The zero-order valence-corrected chi connectivity index (χ0v) is 14.1. The van der Waals surface area contributed by atoms with Gasteiger partial charge in [-0.2, -0.15) is 10.1 Å². The van der Waals surface area contributed by atoms with Crippen molar-refractivity contribution >= 4 is 21.8 Å². The van der Waals surface area contributed by atoms with Gasteiger partial charge in [-0.15, -0.1) is 0 Å². The Morgan fingerprint density at radius 2 is 2.26 bits per heavy atom. The van der Waals surface area contributed by atoms with Gasteiger partial charge in [-0.05, 0) is 41.9 Å². The molecule has 0 saturated heterocycles. The third-order valence-electron chi connectivity index (χ3n) is 3.25. The van der Waals surface area contributed by atoms with Crippen LogP contribution in [-0.2, 0) is 13.1 Å². The molecule has 23 heavy (non-hydrogen) atoms. The van der Waals surface area contributed by atoms with E-state index in [0.29, 0.717) is 18.1 Å². The van der Waals surface area contributed by atoms with Crippen LogP contribution in [0.2, 0.25) is 0 Å². The summed E-state index contributed by atoms with van der Waals surface area (Å²) in [5.41, 5.74) is 1.83. The van der Waals surface area contributed by atoms with Crippen LogP contribution in [0.1, 0.15) is 33.7 Å². The van der Waals surface area contributed by atoms with Gasteiger partial charge in [0, 0.05) is 0 Å². The molecule has 3 aromatic rings. The van der Waals surface area contributed by atoms with Crippen LogP contribution in [0.15, 0.2) is 31.8 Å². The predicted octanol–water partition coefficient (Wildman–Crippen LogP) is 2.22. The van der Waals surface area contributed by atoms with Gasteiger partial charge in [0.2, 0.25) is 0 Å². The first kappa shape index (κ1) is 15.5. The molecule has 0 fully saturated rings. The van der Waals surface area contributed by atoms with Crippen LogP contribution in [0.4, 0.5) is 0 Å². The number of halogens is 1. The van der Waals surface area contributed by atoms with Gasteiger partial charge in [0.15, 0.2) is 5.82 Å². The molecule has 120 valence electrons. The number of nitrogens with zero attached hydrogens (tertiary/aromatic N) is 4. The molecule has 0 unspecified atom stereocenters. The van der Waals surface area contributed by atoms with Crippen molar-refractivity contribution in [2.24, 2.45) is 0 Å². The maximum absolute atomic E-state index is 12.0. The van der Waals surface area contributed by atoms with Crippen molar-refractivity contribution < 1.29 is 13.7 Å². The van der Waals surface area contributed by atoms with Gasteiger partial charge in [0.1, 0.15) is 12.3 Å². The number of aryl methyl sites for hydroxylation is 1. The lowest BCUT2D eigenvalue weighted by Gasteiger charge is -1.99. The minimum absolute atomic E-state index is 0.0906. The van der Waals surface area contributed by atoms with Gasteiger partial charge in [-0.1, -0.05) is 5.16 Å². The van der Waals surface area contributed by atoms with E-state index in [4.69, 9.17) is 8.94 Å². The molecule has 0 saturated carbocycles. The van der Waals surface area contributed by atoms with E-state index in [1.54, 1.807) is 23.1 Å². The lowest BCUT2D eigenvalue weighted by atomic mass is 10.4. The normalized spacial score (nSPS) is 10.9. The minimum Gasteiger partial charge on any atom is -0.467 e. The van der Waals surface area contributed by atoms with Gasteiger partial charge < -0.3 is 14.3 Å². The summed E-state index contributed by atoms with van der Waals surface area (Å²) in [6.07, 6.45) is 1.54. The molecule has 9 heteroatoms. The summed E-state index contributed by atoms with van der Waals surface area (Å²) < 4.78 is 12.8. The maximum Gasteiger partial charge on any atom is 0.316 e. The second-order valence-electron chi connectivity index (χ2n) is 4.92. The fraction of sp³-hybridized carbons (Fsp3) is 0.286. The number of aromatic nitrogens is 4. The summed E-state index contributed by atoms with van der Waals surface area (Å²) in [4.78, 5) is 16.0. The number of rotatable bonds is 5. The first-order chi connectivity index (χ1) is 11.0. The molecule has 0 aliphatic heterocycles. The van der Waals surface area contributed by atoms with Crippen molar-refractivity contribution in [1.82, 2.24) is 25.2 Å². The van der Waals surface area contributed by atoms with Gasteiger partial charge in [0.05, 0.1) is 28.7 Å². The third kappa shape index (κ3) is 3.34. The Bertz CT molecular complexity index is 822. The first-order valence-electron chi connectivity index (χ1n) is 6.87. The average Bonchev–Trinajstić information content (AvgIpc) is 3.25. The summed E-state index contributed by atoms with van der Waals surface area (Å²) in [5.74, 6) is 0.485. The van der Waals surface area contributed by atoms with Crippen LogP contribution >= 0.6 is 15.9 Å². The van der Waals surface area contributed by atoms with Crippen LogP contribution in [0.25, 0.3) is 0 Å². The highest BCUT2D eigenvalue weighted by molar-refractivity contribution is 9.10. The molecule has 8 nitrogen and oxygen atoms in total.